The minimum Gasteiger partial charge on any atom is -0.465 e. The number of thiophene rings is 1. The van der Waals surface area contributed by atoms with Gasteiger partial charge in [-0.05, 0) is 30.7 Å². The number of esters is 1. The average Bonchev–Trinajstić information content (AvgIpc) is 2.91. The van der Waals surface area contributed by atoms with E-state index >= 15 is 0 Å². The molecule has 2 aromatic rings. The predicted octanol–water partition coefficient (Wildman–Crippen LogP) is 4.04. The van der Waals surface area contributed by atoms with E-state index in [9.17, 15) is 4.79 Å². The molecule has 0 radical (unpaired) electrons. The maximum absolute atomic E-state index is 11.7. The van der Waals surface area contributed by atoms with Crippen LogP contribution in [0.25, 0.3) is 0 Å². The maximum atomic E-state index is 11.7. The van der Waals surface area contributed by atoms with E-state index in [1.165, 1.54) is 12.0 Å². The molecule has 0 aliphatic carbocycles. The number of rotatable bonds is 5. The van der Waals surface area contributed by atoms with Crippen LogP contribution in [-0.2, 0) is 11.3 Å². The first-order chi connectivity index (χ1) is 9.61. The summed E-state index contributed by atoms with van der Waals surface area (Å²) in [6.45, 7) is 2.67. The van der Waals surface area contributed by atoms with Gasteiger partial charge in [-0.25, -0.2) is 4.79 Å². The predicted molar refractivity (Wildman–Crippen MR) is 82.4 cm³/mol. The molecule has 1 aromatic carbocycles. The average molecular weight is 310 g/mol. The Hall–Kier alpha value is -1.36. The number of ether oxygens (including phenoxy) is 1. The third-order valence-corrected chi connectivity index (χ3v) is 4.46. The van der Waals surface area contributed by atoms with Gasteiger partial charge >= 0.3 is 5.97 Å². The van der Waals surface area contributed by atoms with Gasteiger partial charge in [-0.2, -0.15) is 0 Å². The number of hydrogen-bond donors (Lipinski definition) is 1. The maximum Gasteiger partial charge on any atom is 0.338 e. The molecule has 0 fully saturated rings. The topological polar surface area (TPSA) is 38.3 Å². The molecule has 106 valence electrons. The summed E-state index contributed by atoms with van der Waals surface area (Å²) < 4.78 is 5.57. The number of carbonyl (C=O) groups excluding carboxylic acids is 1. The molecule has 0 spiro atoms. The van der Waals surface area contributed by atoms with E-state index in [-0.39, 0.29) is 12.0 Å². The van der Waals surface area contributed by atoms with Crippen LogP contribution in [0.15, 0.2) is 36.4 Å². The summed E-state index contributed by atoms with van der Waals surface area (Å²) >= 11 is 7.49. The van der Waals surface area contributed by atoms with Crippen molar-refractivity contribution in [2.24, 2.45) is 0 Å². The summed E-state index contributed by atoms with van der Waals surface area (Å²) in [5.74, 6) is -0.311. The standard InChI is InChI=1S/C15H16ClNO2S/c1-10(13-7-8-14(16)20-13)17-9-11-5-3-4-6-12(11)15(18)19-2/h3-8,10,17H,9H2,1-2H3. The van der Waals surface area contributed by atoms with E-state index in [2.05, 4.69) is 12.2 Å². The zero-order valence-corrected chi connectivity index (χ0v) is 12.9. The number of carbonyl (C=O) groups is 1. The fourth-order valence-electron chi connectivity index (χ4n) is 1.91. The van der Waals surface area contributed by atoms with Crippen molar-refractivity contribution >= 4 is 28.9 Å². The molecule has 0 bridgehead atoms. The van der Waals surface area contributed by atoms with Crippen molar-refractivity contribution in [3.63, 3.8) is 0 Å². The smallest absolute Gasteiger partial charge is 0.338 e. The van der Waals surface area contributed by atoms with E-state index in [1.54, 1.807) is 17.4 Å². The van der Waals surface area contributed by atoms with Gasteiger partial charge in [0.25, 0.3) is 0 Å². The van der Waals surface area contributed by atoms with E-state index in [0.29, 0.717) is 12.1 Å². The van der Waals surface area contributed by atoms with E-state index in [4.69, 9.17) is 16.3 Å². The van der Waals surface area contributed by atoms with Gasteiger partial charge in [-0.1, -0.05) is 29.8 Å². The van der Waals surface area contributed by atoms with Gasteiger partial charge in [0.1, 0.15) is 0 Å². The zero-order chi connectivity index (χ0) is 14.5. The van der Waals surface area contributed by atoms with Gasteiger partial charge < -0.3 is 10.1 Å². The lowest BCUT2D eigenvalue weighted by atomic mass is 10.1. The molecule has 2 rings (SSSR count). The fraction of sp³-hybridized carbons (Fsp3) is 0.267. The van der Waals surface area contributed by atoms with Crippen LogP contribution in [0.3, 0.4) is 0 Å². The van der Waals surface area contributed by atoms with Crippen molar-refractivity contribution in [1.82, 2.24) is 5.32 Å². The highest BCUT2D eigenvalue weighted by Gasteiger charge is 2.13. The van der Waals surface area contributed by atoms with Crippen molar-refractivity contribution < 1.29 is 9.53 Å². The third kappa shape index (κ3) is 3.60. The van der Waals surface area contributed by atoms with Crippen LogP contribution in [0.5, 0.6) is 0 Å². The van der Waals surface area contributed by atoms with E-state index in [0.717, 1.165) is 9.90 Å². The molecule has 1 unspecified atom stereocenters. The highest BCUT2D eigenvalue weighted by molar-refractivity contribution is 7.16. The minimum absolute atomic E-state index is 0.179. The van der Waals surface area contributed by atoms with Crippen molar-refractivity contribution in [3.05, 3.63) is 56.7 Å². The van der Waals surface area contributed by atoms with Crippen LogP contribution in [0.1, 0.15) is 33.8 Å². The molecule has 0 saturated carbocycles. The summed E-state index contributed by atoms with van der Waals surface area (Å²) in [5.41, 5.74) is 1.52. The number of methoxy groups -OCH3 is 1. The molecule has 0 amide bonds. The quantitative estimate of drug-likeness (QED) is 0.847. The number of benzene rings is 1. The zero-order valence-electron chi connectivity index (χ0n) is 11.4. The molecular formula is C15H16ClNO2S. The first-order valence-electron chi connectivity index (χ1n) is 6.26. The molecule has 1 heterocycles. The number of halogens is 1. The third-order valence-electron chi connectivity index (χ3n) is 3.04. The van der Waals surface area contributed by atoms with Gasteiger partial charge in [-0.15, -0.1) is 11.3 Å². The van der Waals surface area contributed by atoms with Gasteiger partial charge in [0.05, 0.1) is 17.0 Å². The van der Waals surface area contributed by atoms with Crippen LogP contribution < -0.4 is 5.32 Å². The molecule has 0 saturated heterocycles. The summed E-state index contributed by atoms with van der Waals surface area (Å²) in [6.07, 6.45) is 0. The summed E-state index contributed by atoms with van der Waals surface area (Å²) in [4.78, 5) is 12.9. The van der Waals surface area contributed by atoms with Gasteiger partial charge in [0.2, 0.25) is 0 Å². The molecule has 5 heteroatoms. The Morgan fingerprint density at radius 3 is 2.75 bits per heavy atom. The number of hydrogen-bond acceptors (Lipinski definition) is 4. The number of nitrogens with one attached hydrogen (secondary N) is 1. The van der Waals surface area contributed by atoms with Gasteiger partial charge in [0, 0.05) is 17.5 Å². The lowest BCUT2D eigenvalue weighted by Crippen LogP contribution is -2.19. The second kappa shape index (κ2) is 6.88. The molecule has 1 atom stereocenters. The molecule has 1 aromatic heterocycles. The Morgan fingerprint density at radius 1 is 1.35 bits per heavy atom. The monoisotopic (exact) mass is 309 g/mol. The van der Waals surface area contributed by atoms with Crippen LogP contribution >= 0.6 is 22.9 Å². The van der Waals surface area contributed by atoms with Crippen LogP contribution in [0.4, 0.5) is 0 Å². The van der Waals surface area contributed by atoms with E-state index in [1.807, 2.05) is 30.3 Å². The molecule has 0 aliphatic heterocycles. The fourth-order valence-corrected chi connectivity index (χ4v) is 3.00. The second-order valence-corrected chi connectivity index (χ2v) is 6.14. The van der Waals surface area contributed by atoms with Crippen molar-refractivity contribution in [2.75, 3.05) is 7.11 Å². The highest BCUT2D eigenvalue weighted by Crippen LogP contribution is 2.26. The SMILES string of the molecule is COC(=O)c1ccccc1CNC(C)c1ccc(Cl)s1. The molecule has 3 nitrogen and oxygen atoms in total. The van der Waals surface area contributed by atoms with Crippen molar-refractivity contribution in [3.8, 4) is 0 Å². The first-order valence-corrected chi connectivity index (χ1v) is 7.46. The van der Waals surface area contributed by atoms with E-state index < -0.39 is 0 Å². The largest absolute Gasteiger partial charge is 0.465 e. The Bertz CT molecular complexity index is 597. The van der Waals surface area contributed by atoms with Crippen molar-refractivity contribution in [2.45, 2.75) is 19.5 Å². The van der Waals surface area contributed by atoms with Crippen LogP contribution in [0.2, 0.25) is 4.34 Å². The molecule has 1 N–H and O–H groups in total. The molecule has 0 aliphatic rings. The van der Waals surface area contributed by atoms with Gasteiger partial charge in [0.15, 0.2) is 0 Å². The summed E-state index contributed by atoms with van der Waals surface area (Å²) in [7, 11) is 1.39. The highest BCUT2D eigenvalue weighted by atomic mass is 35.5. The Balaban J connectivity index is 2.05. The molecular weight excluding hydrogens is 294 g/mol. The Kier molecular flexibility index (Phi) is 5.17. The van der Waals surface area contributed by atoms with Crippen LogP contribution in [0, 0.1) is 0 Å². The summed E-state index contributed by atoms with van der Waals surface area (Å²) in [5, 5.41) is 3.39. The van der Waals surface area contributed by atoms with Gasteiger partial charge in [-0.3, -0.25) is 0 Å². The molecule has 20 heavy (non-hydrogen) atoms. The Morgan fingerprint density at radius 2 is 2.10 bits per heavy atom. The lowest BCUT2D eigenvalue weighted by molar-refractivity contribution is 0.0599. The summed E-state index contributed by atoms with van der Waals surface area (Å²) in [6, 6.07) is 11.5. The van der Waals surface area contributed by atoms with Crippen molar-refractivity contribution in [1.29, 1.82) is 0 Å². The first kappa shape index (κ1) is 15.0. The second-order valence-electron chi connectivity index (χ2n) is 4.39. The minimum atomic E-state index is -0.311. The normalized spacial score (nSPS) is 12.2. The Labute approximate surface area is 127 Å². The lowest BCUT2D eigenvalue weighted by Gasteiger charge is -2.14. The van der Waals surface area contributed by atoms with Crippen LogP contribution in [-0.4, -0.2) is 13.1 Å².